The van der Waals surface area contributed by atoms with Crippen LogP contribution in [0.2, 0.25) is 0 Å². The van der Waals surface area contributed by atoms with Gasteiger partial charge in [0, 0.05) is 13.7 Å². The number of likely N-dealkylation sites (N-methyl/N-ethyl adjacent to an activating group) is 1. The summed E-state index contributed by atoms with van der Waals surface area (Å²) in [5.41, 5.74) is 0. The molecular weight excluding hydrogens is 198 g/mol. The summed E-state index contributed by atoms with van der Waals surface area (Å²) in [6, 6.07) is 0. The third kappa shape index (κ3) is 3.87. The smallest absolute Gasteiger partial charge is 0.325 e. The molecule has 0 saturated carbocycles. The van der Waals surface area contributed by atoms with Gasteiger partial charge < -0.3 is 14.4 Å². The van der Waals surface area contributed by atoms with Crippen LogP contribution in [0, 0.1) is 0 Å². The maximum absolute atomic E-state index is 11.6. The third-order valence-corrected chi connectivity index (χ3v) is 2.45. The molecule has 0 bridgehead atoms. The second-order valence-corrected chi connectivity index (χ2v) is 3.67. The monoisotopic (exact) mass is 215 g/mol. The number of ether oxygens (including phenoxy) is 2. The van der Waals surface area contributed by atoms with Crippen LogP contribution >= 0.6 is 0 Å². The van der Waals surface area contributed by atoms with Crippen LogP contribution in [0.4, 0.5) is 0 Å². The van der Waals surface area contributed by atoms with Crippen molar-refractivity contribution in [1.82, 2.24) is 4.90 Å². The van der Waals surface area contributed by atoms with E-state index in [0.29, 0.717) is 6.42 Å². The second kappa shape index (κ2) is 5.70. The molecule has 1 heterocycles. The van der Waals surface area contributed by atoms with E-state index >= 15 is 0 Å². The summed E-state index contributed by atoms with van der Waals surface area (Å²) in [6.45, 7) is 0.737. The van der Waals surface area contributed by atoms with Crippen molar-refractivity contribution in [3.63, 3.8) is 0 Å². The molecule has 86 valence electrons. The standard InChI is InChI=1S/C10H17NO4/c1-11(7-10(13)14-2)9(12)6-8-4-3-5-15-8/h8H,3-7H2,1-2H3. The molecule has 15 heavy (non-hydrogen) atoms. The van der Waals surface area contributed by atoms with Crippen molar-refractivity contribution < 1.29 is 19.1 Å². The number of methoxy groups -OCH3 is 1. The minimum Gasteiger partial charge on any atom is -0.468 e. The largest absolute Gasteiger partial charge is 0.468 e. The molecule has 1 unspecified atom stereocenters. The molecule has 5 heteroatoms. The fourth-order valence-electron chi connectivity index (χ4n) is 1.50. The van der Waals surface area contributed by atoms with Crippen molar-refractivity contribution in [2.45, 2.75) is 25.4 Å². The van der Waals surface area contributed by atoms with Gasteiger partial charge in [0.1, 0.15) is 6.54 Å². The molecule has 0 aliphatic carbocycles. The van der Waals surface area contributed by atoms with Gasteiger partial charge in [-0.05, 0) is 12.8 Å². The lowest BCUT2D eigenvalue weighted by atomic mass is 10.1. The van der Waals surface area contributed by atoms with Gasteiger partial charge in [-0.25, -0.2) is 0 Å². The van der Waals surface area contributed by atoms with Crippen LogP contribution in [0.25, 0.3) is 0 Å². The molecule has 1 fully saturated rings. The Morgan fingerprint density at radius 3 is 2.80 bits per heavy atom. The zero-order valence-electron chi connectivity index (χ0n) is 9.19. The van der Waals surface area contributed by atoms with E-state index in [-0.39, 0.29) is 18.6 Å². The minimum absolute atomic E-state index is 0.00204. The van der Waals surface area contributed by atoms with E-state index in [1.807, 2.05) is 0 Å². The zero-order chi connectivity index (χ0) is 11.3. The van der Waals surface area contributed by atoms with Gasteiger partial charge in [0.2, 0.25) is 5.91 Å². The molecule has 1 rings (SSSR count). The highest BCUT2D eigenvalue weighted by molar-refractivity contribution is 5.82. The Morgan fingerprint density at radius 1 is 1.53 bits per heavy atom. The lowest BCUT2D eigenvalue weighted by Crippen LogP contribution is -2.34. The van der Waals surface area contributed by atoms with E-state index in [9.17, 15) is 9.59 Å². The Morgan fingerprint density at radius 2 is 2.27 bits per heavy atom. The Labute approximate surface area is 89.3 Å². The lowest BCUT2D eigenvalue weighted by molar-refractivity contribution is -0.146. The second-order valence-electron chi connectivity index (χ2n) is 3.67. The Hall–Kier alpha value is -1.10. The molecule has 5 nitrogen and oxygen atoms in total. The van der Waals surface area contributed by atoms with Gasteiger partial charge in [0.05, 0.1) is 19.6 Å². The van der Waals surface area contributed by atoms with Crippen molar-refractivity contribution in [2.75, 3.05) is 27.3 Å². The molecule has 0 spiro atoms. The summed E-state index contributed by atoms with van der Waals surface area (Å²) in [5.74, 6) is -0.481. The molecule has 1 aliphatic heterocycles. The molecular formula is C10H17NO4. The fraction of sp³-hybridized carbons (Fsp3) is 0.800. The summed E-state index contributed by atoms with van der Waals surface area (Å²) in [7, 11) is 2.90. The minimum atomic E-state index is -0.404. The van der Waals surface area contributed by atoms with E-state index in [1.54, 1.807) is 7.05 Å². The molecule has 1 aliphatic rings. The molecule has 0 aromatic rings. The number of amides is 1. The normalized spacial score (nSPS) is 20.0. The predicted molar refractivity (Wildman–Crippen MR) is 53.2 cm³/mol. The Kier molecular flexibility index (Phi) is 4.55. The van der Waals surface area contributed by atoms with Crippen LogP contribution in [0.5, 0.6) is 0 Å². The van der Waals surface area contributed by atoms with Gasteiger partial charge in [-0.1, -0.05) is 0 Å². The summed E-state index contributed by atoms with van der Waals surface area (Å²) < 4.78 is 9.82. The number of carbonyl (C=O) groups is 2. The fourth-order valence-corrected chi connectivity index (χ4v) is 1.50. The van der Waals surface area contributed by atoms with Crippen molar-refractivity contribution in [1.29, 1.82) is 0 Å². The maximum Gasteiger partial charge on any atom is 0.325 e. The number of nitrogens with zero attached hydrogens (tertiary/aromatic N) is 1. The SMILES string of the molecule is COC(=O)CN(C)C(=O)CC1CCCO1. The molecule has 0 N–H and O–H groups in total. The Bertz CT molecular complexity index is 236. The van der Waals surface area contributed by atoms with Gasteiger partial charge in [0.25, 0.3) is 0 Å². The quantitative estimate of drug-likeness (QED) is 0.628. The van der Waals surface area contributed by atoms with E-state index in [2.05, 4.69) is 4.74 Å². The van der Waals surface area contributed by atoms with Crippen LogP contribution in [-0.4, -0.2) is 50.2 Å². The van der Waals surface area contributed by atoms with E-state index < -0.39 is 5.97 Å². The van der Waals surface area contributed by atoms with Gasteiger partial charge in [-0.2, -0.15) is 0 Å². The molecule has 0 radical (unpaired) electrons. The van der Waals surface area contributed by atoms with Crippen LogP contribution in [0.15, 0.2) is 0 Å². The number of hydrogen-bond acceptors (Lipinski definition) is 4. The first kappa shape index (κ1) is 12.0. The van der Waals surface area contributed by atoms with E-state index in [0.717, 1.165) is 19.4 Å². The van der Waals surface area contributed by atoms with Crippen LogP contribution in [0.3, 0.4) is 0 Å². The molecule has 0 aromatic carbocycles. The summed E-state index contributed by atoms with van der Waals surface area (Å²) in [5, 5.41) is 0. The summed E-state index contributed by atoms with van der Waals surface area (Å²) >= 11 is 0. The Balaban J connectivity index is 2.28. The van der Waals surface area contributed by atoms with Crippen LogP contribution in [0.1, 0.15) is 19.3 Å². The molecule has 0 aromatic heterocycles. The van der Waals surface area contributed by atoms with Crippen LogP contribution < -0.4 is 0 Å². The molecule has 1 atom stereocenters. The van der Waals surface area contributed by atoms with Gasteiger partial charge in [-0.15, -0.1) is 0 Å². The maximum atomic E-state index is 11.6. The highest BCUT2D eigenvalue weighted by Gasteiger charge is 2.22. The number of esters is 1. The lowest BCUT2D eigenvalue weighted by Gasteiger charge is -2.17. The zero-order valence-corrected chi connectivity index (χ0v) is 9.19. The highest BCUT2D eigenvalue weighted by Crippen LogP contribution is 2.15. The van der Waals surface area contributed by atoms with E-state index in [1.165, 1.54) is 12.0 Å². The predicted octanol–water partition coefficient (Wildman–Crippen LogP) is 0.187. The van der Waals surface area contributed by atoms with Crippen molar-refractivity contribution in [3.8, 4) is 0 Å². The first-order valence-electron chi connectivity index (χ1n) is 5.06. The van der Waals surface area contributed by atoms with Gasteiger partial charge in [-0.3, -0.25) is 9.59 Å². The average molecular weight is 215 g/mol. The number of rotatable bonds is 4. The molecule has 1 amide bonds. The summed E-state index contributed by atoms with van der Waals surface area (Å²) in [6.07, 6.45) is 2.32. The summed E-state index contributed by atoms with van der Waals surface area (Å²) in [4.78, 5) is 23.9. The average Bonchev–Trinajstić information content (AvgIpc) is 2.70. The van der Waals surface area contributed by atoms with E-state index in [4.69, 9.17) is 4.74 Å². The molecule has 1 saturated heterocycles. The first-order valence-corrected chi connectivity index (χ1v) is 5.06. The van der Waals surface area contributed by atoms with Crippen molar-refractivity contribution >= 4 is 11.9 Å². The number of hydrogen-bond donors (Lipinski definition) is 0. The van der Waals surface area contributed by atoms with Crippen LogP contribution in [-0.2, 0) is 19.1 Å². The van der Waals surface area contributed by atoms with Gasteiger partial charge in [0.15, 0.2) is 0 Å². The first-order chi connectivity index (χ1) is 7.13. The highest BCUT2D eigenvalue weighted by atomic mass is 16.5. The number of carbonyl (C=O) groups excluding carboxylic acids is 2. The van der Waals surface area contributed by atoms with Crippen molar-refractivity contribution in [3.05, 3.63) is 0 Å². The topological polar surface area (TPSA) is 55.8 Å². The third-order valence-electron chi connectivity index (χ3n) is 2.45. The van der Waals surface area contributed by atoms with Crippen molar-refractivity contribution in [2.24, 2.45) is 0 Å². The van der Waals surface area contributed by atoms with Gasteiger partial charge >= 0.3 is 5.97 Å².